The maximum absolute atomic E-state index is 5.68. The number of rotatable bonds is 3. The maximum Gasteiger partial charge on any atom is 0.137 e. The molecule has 1 aromatic rings. The quantitative estimate of drug-likeness (QED) is 0.856. The van der Waals surface area contributed by atoms with Crippen LogP contribution >= 0.6 is 15.9 Å². The van der Waals surface area contributed by atoms with Gasteiger partial charge in [-0.25, -0.2) is 4.98 Å². The molecule has 0 saturated carbocycles. The number of hydrogen-bond acceptors (Lipinski definition) is 3. The highest BCUT2D eigenvalue weighted by Gasteiger charge is 2.13. The van der Waals surface area contributed by atoms with Gasteiger partial charge in [-0.2, -0.15) is 0 Å². The van der Waals surface area contributed by atoms with Crippen molar-refractivity contribution in [2.24, 2.45) is 5.92 Å². The van der Waals surface area contributed by atoms with Gasteiger partial charge in [0.15, 0.2) is 0 Å². The van der Waals surface area contributed by atoms with Crippen molar-refractivity contribution in [3.05, 3.63) is 22.9 Å². The molecule has 0 aliphatic carbocycles. The van der Waals surface area contributed by atoms with Gasteiger partial charge in [-0.1, -0.05) is 0 Å². The molecular weight excluding hydrogens is 256 g/mol. The van der Waals surface area contributed by atoms with E-state index in [2.05, 4.69) is 26.2 Å². The van der Waals surface area contributed by atoms with Crippen molar-refractivity contribution < 1.29 is 4.74 Å². The minimum absolute atomic E-state index is 0.641. The molecule has 1 aliphatic heterocycles. The van der Waals surface area contributed by atoms with Crippen LogP contribution in [0.25, 0.3) is 0 Å². The van der Waals surface area contributed by atoms with Crippen molar-refractivity contribution in [1.29, 1.82) is 0 Å². The number of aromatic nitrogens is 1. The minimum atomic E-state index is 0.641. The second kappa shape index (κ2) is 5.47. The molecule has 1 unspecified atom stereocenters. The van der Waals surface area contributed by atoms with Crippen molar-refractivity contribution in [2.45, 2.75) is 12.8 Å². The van der Waals surface area contributed by atoms with E-state index in [0.717, 1.165) is 30.0 Å². The van der Waals surface area contributed by atoms with Crippen LogP contribution in [0.15, 0.2) is 22.9 Å². The minimum Gasteiger partial charge on any atom is -0.492 e. The molecule has 1 saturated heterocycles. The van der Waals surface area contributed by atoms with Gasteiger partial charge in [0.25, 0.3) is 0 Å². The van der Waals surface area contributed by atoms with Crippen LogP contribution < -0.4 is 10.1 Å². The summed E-state index contributed by atoms with van der Waals surface area (Å²) in [5.41, 5.74) is 0. The van der Waals surface area contributed by atoms with Crippen LogP contribution in [0.1, 0.15) is 12.8 Å². The smallest absolute Gasteiger partial charge is 0.137 e. The lowest BCUT2D eigenvalue weighted by molar-refractivity contribution is 0.218. The summed E-state index contributed by atoms with van der Waals surface area (Å²) in [6.45, 7) is 3.01. The van der Waals surface area contributed by atoms with Gasteiger partial charge in [0.2, 0.25) is 0 Å². The summed E-state index contributed by atoms with van der Waals surface area (Å²) in [7, 11) is 0. The van der Waals surface area contributed by atoms with E-state index in [9.17, 15) is 0 Å². The Hall–Kier alpha value is -0.610. The molecule has 0 radical (unpaired) electrons. The van der Waals surface area contributed by atoms with Crippen LogP contribution in [0.3, 0.4) is 0 Å². The van der Waals surface area contributed by atoms with Gasteiger partial charge in [0.05, 0.1) is 12.8 Å². The third-order valence-electron chi connectivity index (χ3n) is 2.58. The van der Waals surface area contributed by atoms with Gasteiger partial charge >= 0.3 is 0 Å². The molecule has 82 valence electrons. The first-order valence-corrected chi connectivity index (χ1v) is 6.09. The first-order chi connectivity index (χ1) is 7.34. The Kier molecular flexibility index (Phi) is 3.97. The molecule has 0 amide bonds. The molecule has 3 nitrogen and oxygen atoms in total. The normalized spacial score (nSPS) is 21.3. The zero-order chi connectivity index (χ0) is 10.5. The molecule has 2 rings (SSSR count). The Bertz CT molecular complexity index is 296. The van der Waals surface area contributed by atoms with E-state index >= 15 is 0 Å². The highest BCUT2D eigenvalue weighted by molar-refractivity contribution is 9.10. The lowest BCUT2D eigenvalue weighted by atomic mass is 10.0. The van der Waals surface area contributed by atoms with Crippen molar-refractivity contribution in [3.8, 4) is 5.75 Å². The lowest BCUT2D eigenvalue weighted by Gasteiger charge is -2.22. The summed E-state index contributed by atoms with van der Waals surface area (Å²) in [4.78, 5) is 4.12. The molecule has 4 heteroatoms. The van der Waals surface area contributed by atoms with Gasteiger partial charge in [-0.15, -0.1) is 0 Å². The fourth-order valence-corrected chi connectivity index (χ4v) is 1.96. The van der Waals surface area contributed by atoms with Crippen LogP contribution in [0.5, 0.6) is 5.75 Å². The van der Waals surface area contributed by atoms with Crippen LogP contribution in [0.4, 0.5) is 0 Å². The fraction of sp³-hybridized carbons (Fsp3) is 0.545. The Balaban J connectivity index is 1.79. The van der Waals surface area contributed by atoms with Gasteiger partial charge in [-0.3, -0.25) is 0 Å². The zero-order valence-electron chi connectivity index (χ0n) is 8.58. The molecule has 1 atom stereocenters. The predicted octanol–water partition coefficient (Wildman–Crippen LogP) is 2.22. The van der Waals surface area contributed by atoms with E-state index in [1.54, 1.807) is 6.20 Å². The number of hydrogen-bond donors (Lipinski definition) is 1. The number of piperidine rings is 1. The van der Waals surface area contributed by atoms with E-state index in [1.807, 2.05) is 12.1 Å². The van der Waals surface area contributed by atoms with Crippen molar-refractivity contribution in [3.63, 3.8) is 0 Å². The van der Waals surface area contributed by atoms with Crippen molar-refractivity contribution in [1.82, 2.24) is 10.3 Å². The topological polar surface area (TPSA) is 34.1 Å². The molecule has 15 heavy (non-hydrogen) atoms. The van der Waals surface area contributed by atoms with E-state index in [4.69, 9.17) is 4.74 Å². The second-order valence-corrected chi connectivity index (χ2v) is 4.65. The largest absolute Gasteiger partial charge is 0.492 e. The Morgan fingerprint density at radius 2 is 2.47 bits per heavy atom. The summed E-state index contributed by atoms with van der Waals surface area (Å²) in [5.74, 6) is 1.49. The van der Waals surface area contributed by atoms with E-state index in [-0.39, 0.29) is 0 Å². The summed E-state index contributed by atoms with van der Waals surface area (Å²) in [6, 6.07) is 3.84. The first-order valence-electron chi connectivity index (χ1n) is 5.29. The third-order valence-corrected chi connectivity index (χ3v) is 3.05. The van der Waals surface area contributed by atoms with Gasteiger partial charge in [0.1, 0.15) is 10.4 Å². The Morgan fingerprint density at radius 1 is 1.53 bits per heavy atom. The van der Waals surface area contributed by atoms with Gasteiger partial charge in [0, 0.05) is 12.5 Å². The average Bonchev–Trinajstić information content (AvgIpc) is 2.30. The first kappa shape index (κ1) is 10.9. The third kappa shape index (κ3) is 3.47. The summed E-state index contributed by atoms with van der Waals surface area (Å²) in [5, 5.41) is 3.38. The molecule has 1 fully saturated rings. The summed E-state index contributed by atoms with van der Waals surface area (Å²) in [6.07, 6.45) is 4.27. The maximum atomic E-state index is 5.68. The zero-order valence-corrected chi connectivity index (χ0v) is 10.2. The Labute approximate surface area is 98.4 Å². The predicted molar refractivity (Wildman–Crippen MR) is 63.0 cm³/mol. The summed E-state index contributed by atoms with van der Waals surface area (Å²) >= 11 is 3.30. The van der Waals surface area contributed by atoms with Crippen LogP contribution in [-0.4, -0.2) is 24.7 Å². The Morgan fingerprint density at radius 3 is 3.13 bits per heavy atom. The van der Waals surface area contributed by atoms with Crippen LogP contribution in [-0.2, 0) is 0 Å². The van der Waals surface area contributed by atoms with E-state index in [1.165, 1.54) is 12.8 Å². The molecule has 0 spiro atoms. The molecule has 0 bridgehead atoms. The SMILES string of the molecule is Brc1ccc(OCC2CCCNC2)cn1. The monoisotopic (exact) mass is 270 g/mol. The van der Waals surface area contributed by atoms with Crippen LogP contribution in [0, 0.1) is 5.92 Å². The van der Waals surface area contributed by atoms with Crippen molar-refractivity contribution >= 4 is 15.9 Å². The number of nitrogens with zero attached hydrogens (tertiary/aromatic N) is 1. The van der Waals surface area contributed by atoms with Crippen molar-refractivity contribution in [2.75, 3.05) is 19.7 Å². The van der Waals surface area contributed by atoms with Crippen LogP contribution in [0.2, 0.25) is 0 Å². The molecule has 2 heterocycles. The van der Waals surface area contributed by atoms with E-state index in [0.29, 0.717) is 5.92 Å². The molecule has 1 aliphatic rings. The lowest BCUT2D eigenvalue weighted by Crippen LogP contribution is -2.33. The number of pyridine rings is 1. The summed E-state index contributed by atoms with van der Waals surface area (Å²) < 4.78 is 6.52. The highest BCUT2D eigenvalue weighted by atomic mass is 79.9. The number of nitrogens with one attached hydrogen (secondary N) is 1. The average molecular weight is 271 g/mol. The number of ether oxygens (including phenoxy) is 1. The second-order valence-electron chi connectivity index (χ2n) is 3.84. The molecule has 1 N–H and O–H groups in total. The standard InChI is InChI=1S/C11H15BrN2O/c12-11-4-3-10(7-14-11)15-8-9-2-1-5-13-6-9/h3-4,7,9,13H,1-2,5-6,8H2. The highest BCUT2D eigenvalue weighted by Crippen LogP contribution is 2.15. The van der Waals surface area contributed by atoms with Gasteiger partial charge in [-0.05, 0) is 47.4 Å². The number of halogens is 1. The fourth-order valence-electron chi connectivity index (χ4n) is 1.73. The molecular formula is C11H15BrN2O. The molecule has 0 aromatic carbocycles. The van der Waals surface area contributed by atoms with Gasteiger partial charge < -0.3 is 10.1 Å². The van der Waals surface area contributed by atoms with E-state index < -0.39 is 0 Å². The molecule has 1 aromatic heterocycles.